The number of nitrogens with two attached hydrogens (primary N) is 1. The smallest absolute Gasteiger partial charge is 0.481 e. The Balaban J connectivity index is 3.85. The largest absolute Gasteiger partial charge is 0.509 e. The van der Waals surface area contributed by atoms with Crippen LogP contribution in [0.25, 0.3) is 0 Å². The predicted octanol–water partition coefficient (Wildman–Crippen LogP) is 10.1. The molecule has 0 aliphatic heterocycles. The Morgan fingerprint density at radius 3 is 2.14 bits per heavy atom. The van der Waals surface area contributed by atoms with Crippen LogP contribution >= 0.6 is 46.1 Å². The average molecular weight is 796 g/mol. The fourth-order valence-electron chi connectivity index (χ4n) is 6.02. The van der Waals surface area contributed by atoms with Crippen molar-refractivity contribution in [2.24, 2.45) is 23.0 Å². The van der Waals surface area contributed by atoms with E-state index < -0.39 is 59.8 Å². The summed E-state index contributed by atoms with van der Waals surface area (Å²) in [5.41, 5.74) is 5.37. The quantitative estimate of drug-likeness (QED) is 0.0409. The number of carboxylic acids is 1. The fourth-order valence-corrected chi connectivity index (χ4v) is 9.84. The highest BCUT2D eigenvalue weighted by Gasteiger charge is 2.56. The van der Waals surface area contributed by atoms with E-state index in [9.17, 15) is 19.5 Å². The topological polar surface area (TPSA) is 138 Å². The molecule has 5 atom stereocenters. The zero-order chi connectivity index (χ0) is 38.7. The molecule has 9 nitrogen and oxygen atoms in total. The molecule has 3 N–H and O–H groups in total. The van der Waals surface area contributed by atoms with Crippen molar-refractivity contribution in [3.05, 3.63) is 52.0 Å². The van der Waals surface area contributed by atoms with Crippen LogP contribution < -0.4 is 5.73 Å². The zero-order valence-corrected chi connectivity index (χ0v) is 35.3. The summed E-state index contributed by atoms with van der Waals surface area (Å²) in [4.78, 5) is 45.3. The molecule has 1 aromatic rings. The highest BCUT2D eigenvalue weighted by molar-refractivity contribution is 7.09. The molecule has 0 saturated carbocycles. The molecule has 0 bridgehead atoms. The number of carboxylic acid groups (broad SMARTS) is 1. The molecule has 0 aromatic carbocycles. The summed E-state index contributed by atoms with van der Waals surface area (Å²) in [6.07, 6.45) is 4.44. The molecule has 1 heterocycles. The number of allylic oxidation sites excluding steroid dienone is 3. The molecule has 0 amide bonds. The Hall–Kier alpha value is -1.73. The normalized spacial score (nSPS) is 16.7. The van der Waals surface area contributed by atoms with E-state index in [2.05, 4.69) is 6.58 Å². The Kier molecular flexibility index (Phi) is 18.4. The maximum Gasteiger partial charge on any atom is 0.509 e. The van der Waals surface area contributed by atoms with Gasteiger partial charge in [-0.15, -0.1) is 11.3 Å². The number of rotatable bonds is 21. The van der Waals surface area contributed by atoms with Crippen molar-refractivity contribution in [3.63, 3.8) is 0 Å². The van der Waals surface area contributed by atoms with Gasteiger partial charge in [-0.1, -0.05) is 119 Å². The number of ketones is 1. The van der Waals surface area contributed by atoms with E-state index in [0.29, 0.717) is 23.5 Å². The summed E-state index contributed by atoms with van der Waals surface area (Å²) >= 11 is 19.0. The summed E-state index contributed by atoms with van der Waals surface area (Å²) in [7, 11) is -2.37. The van der Waals surface area contributed by atoms with Crippen LogP contribution in [0, 0.1) is 24.2 Å². The SMILES string of the molecule is C=C(C)[C@@H](N)CC=C(C)C=CC[C@H](C)[C@@](OC(=O)OCC(Cl)(Cl)Cl)(c1csc(C)n1)[C@@H](C)C(=O)C(C)(C)[C@H](CC(=O)O)O[Si](CC)(CC)CC. The minimum atomic E-state index is -2.37. The van der Waals surface area contributed by atoms with Gasteiger partial charge in [-0.2, -0.15) is 0 Å². The summed E-state index contributed by atoms with van der Waals surface area (Å²) < 4.78 is 16.3. The van der Waals surface area contributed by atoms with Crippen molar-refractivity contribution in [2.75, 3.05) is 6.61 Å². The molecule has 14 heteroatoms. The second-order valence-corrected chi connectivity index (χ2v) is 22.0. The van der Waals surface area contributed by atoms with Gasteiger partial charge >= 0.3 is 12.1 Å². The minimum absolute atomic E-state index is 0.158. The van der Waals surface area contributed by atoms with Crippen LogP contribution in [0.1, 0.15) is 92.3 Å². The molecule has 0 saturated heterocycles. The number of aromatic nitrogens is 1. The number of aliphatic carboxylic acids is 1. The third kappa shape index (κ3) is 13.0. The van der Waals surface area contributed by atoms with E-state index in [-0.39, 0.29) is 18.2 Å². The van der Waals surface area contributed by atoms with E-state index in [1.807, 2.05) is 66.7 Å². The Morgan fingerprint density at radius 2 is 1.68 bits per heavy atom. The van der Waals surface area contributed by atoms with Crippen LogP contribution in [-0.4, -0.2) is 58.9 Å². The van der Waals surface area contributed by atoms with Crippen molar-refractivity contribution in [3.8, 4) is 0 Å². The van der Waals surface area contributed by atoms with Crippen LogP contribution in [0.3, 0.4) is 0 Å². The van der Waals surface area contributed by atoms with Gasteiger partial charge in [-0.25, -0.2) is 9.78 Å². The van der Waals surface area contributed by atoms with Gasteiger partial charge in [0.15, 0.2) is 13.9 Å². The lowest BCUT2D eigenvalue weighted by molar-refractivity contribution is -0.157. The lowest BCUT2D eigenvalue weighted by Gasteiger charge is -2.45. The summed E-state index contributed by atoms with van der Waals surface area (Å²) in [6.45, 7) is 22.0. The monoisotopic (exact) mass is 794 g/mol. The lowest BCUT2D eigenvalue weighted by Crippen LogP contribution is -2.55. The third-order valence-corrected chi connectivity index (χ3v) is 15.5. The predicted molar refractivity (Wildman–Crippen MR) is 208 cm³/mol. The fraction of sp³-hybridized carbons (Fsp3) is 0.667. The number of alkyl halides is 3. The van der Waals surface area contributed by atoms with Gasteiger partial charge in [0.2, 0.25) is 3.79 Å². The second-order valence-electron chi connectivity index (χ2n) is 13.7. The van der Waals surface area contributed by atoms with Gasteiger partial charge in [0.05, 0.1) is 29.1 Å². The first-order chi connectivity index (χ1) is 23.0. The molecule has 1 aromatic heterocycles. The summed E-state index contributed by atoms with van der Waals surface area (Å²) in [5.74, 6) is -3.02. The molecule has 0 unspecified atom stereocenters. The van der Waals surface area contributed by atoms with E-state index in [1.165, 1.54) is 11.3 Å². The number of carbonyl (C=O) groups is 3. The van der Waals surface area contributed by atoms with Gasteiger partial charge in [0, 0.05) is 22.8 Å². The standard InChI is InChI=1S/C36H57Cl3N2O7SSi/c1-12-50(13-2,14-3)48-30(20-31(42)43)34(10,11)32(44)26(8)36(29-21-49-27(9)41-29,47-33(45)46-22-35(37,38)39)25(7)17-15-16-24(6)18-19-28(40)23(4)5/h15-16,18,21,25-26,28,30H,4,12-14,17,19-20,22,40H2,1-3,5-11H3,(H,42,43)/t25-,26-,28-,30-,36-/m0/s1. The van der Waals surface area contributed by atoms with Gasteiger partial charge in [-0.05, 0) is 51.7 Å². The molecule has 1 rings (SSSR count). The molecule has 284 valence electrons. The third-order valence-electron chi connectivity index (χ3n) is 9.72. The van der Waals surface area contributed by atoms with Gasteiger partial charge in [0.1, 0.15) is 12.4 Å². The molecule has 50 heavy (non-hydrogen) atoms. The number of thiazole rings is 1. The number of aryl methyl sites for hydroxylation is 1. The maximum absolute atomic E-state index is 14.9. The van der Waals surface area contributed by atoms with Gasteiger partial charge < -0.3 is 24.7 Å². The first kappa shape index (κ1) is 46.3. The van der Waals surface area contributed by atoms with Crippen LogP contribution in [0.2, 0.25) is 18.1 Å². The molecule has 0 radical (unpaired) electrons. The first-order valence-electron chi connectivity index (χ1n) is 17.0. The van der Waals surface area contributed by atoms with Crippen molar-refractivity contribution >= 4 is 72.4 Å². The number of hydrogen-bond donors (Lipinski definition) is 2. The van der Waals surface area contributed by atoms with Crippen LogP contribution in [-0.2, 0) is 29.1 Å². The van der Waals surface area contributed by atoms with Crippen molar-refractivity contribution < 1.29 is 33.4 Å². The van der Waals surface area contributed by atoms with Crippen molar-refractivity contribution in [2.45, 2.75) is 128 Å². The molecule has 0 aliphatic rings. The number of Topliss-reactive ketones (excluding diaryl/α,β-unsaturated/α-hetero) is 1. The number of ether oxygens (including phenoxy) is 2. The van der Waals surface area contributed by atoms with Gasteiger partial charge in [-0.3, -0.25) is 9.59 Å². The lowest BCUT2D eigenvalue weighted by atomic mass is 9.66. The van der Waals surface area contributed by atoms with E-state index >= 15 is 0 Å². The Bertz CT molecular complexity index is 1370. The van der Waals surface area contributed by atoms with E-state index in [4.69, 9.17) is 59.4 Å². The van der Waals surface area contributed by atoms with Crippen molar-refractivity contribution in [1.29, 1.82) is 0 Å². The number of halogens is 3. The van der Waals surface area contributed by atoms with Gasteiger partial charge in [0.25, 0.3) is 0 Å². The van der Waals surface area contributed by atoms with Crippen LogP contribution in [0.15, 0.2) is 41.3 Å². The molecular formula is C36H57Cl3N2O7SSi. The molecular weight excluding hydrogens is 739 g/mol. The maximum atomic E-state index is 14.9. The minimum Gasteiger partial charge on any atom is -0.481 e. The highest BCUT2D eigenvalue weighted by atomic mass is 35.6. The number of hydrogen-bond acceptors (Lipinski definition) is 9. The highest BCUT2D eigenvalue weighted by Crippen LogP contribution is 2.47. The van der Waals surface area contributed by atoms with Crippen LogP contribution in [0.4, 0.5) is 4.79 Å². The van der Waals surface area contributed by atoms with Crippen LogP contribution in [0.5, 0.6) is 0 Å². The van der Waals surface area contributed by atoms with E-state index in [1.54, 1.807) is 26.2 Å². The molecule has 0 spiro atoms. The number of nitrogens with zero attached hydrogens (tertiary/aromatic N) is 1. The summed E-state index contributed by atoms with van der Waals surface area (Å²) in [6, 6.07) is 2.15. The molecule has 0 aliphatic carbocycles. The zero-order valence-electron chi connectivity index (χ0n) is 31.2. The van der Waals surface area contributed by atoms with E-state index in [0.717, 1.165) is 29.3 Å². The number of carbonyl (C=O) groups excluding carboxylic acids is 2. The summed E-state index contributed by atoms with van der Waals surface area (Å²) in [5, 5.41) is 12.4. The Morgan fingerprint density at radius 1 is 1.10 bits per heavy atom. The van der Waals surface area contributed by atoms with Crippen molar-refractivity contribution in [1.82, 2.24) is 4.98 Å². The molecule has 0 fully saturated rings. The second kappa shape index (κ2) is 19.9. The average Bonchev–Trinajstić information content (AvgIpc) is 3.48. The Labute approximate surface area is 319 Å². The first-order valence-corrected chi connectivity index (χ1v) is 21.6.